The predicted octanol–water partition coefficient (Wildman–Crippen LogP) is 1.81. The summed E-state index contributed by atoms with van der Waals surface area (Å²) in [7, 11) is 0. The summed E-state index contributed by atoms with van der Waals surface area (Å²) in [5, 5.41) is 0. The van der Waals surface area contributed by atoms with Crippen LogP contribution in [-0.2, 0) is 6.18 Å². The zero-order valence-corrected chi connectivity index (χ0v) is 9.82. The van der Waals surface area contributed by atoms with E-state index in [0.717, 1.165) is 31.5 Å². The monoisotopic (exact) mass is 260 g/mol. The van der Waals surface area contributed by atoms with Gasteiger partial charge in [0.25, 0.3) is 0 Å². The number of hydrogen-bond acceptors (Lipinski definition) is 4. The number of hydrogen-bond donors (Lipinski definition) is 1. The second-order valence-corrected chi connectivity index (χ2v) is 4.31. The minimum atomic E-state index is -4.43. The molecule has 1 aliphatic rings. The van der Waals surface area contributed by atoms with Gasteiger partial charge in [0.1, 0.15) is 5.69 Å². The van der Waals surface area contributed by atoms with Crippen LogP contribution in [0.2, 0.25) is 0 Å². The average molecular weight is 260 g/mol. The second kappa shape index (κ2) is 5.09. The molecule has 0 aliphatic heterocycles. The molecule has 4 nitrogen and oxygen atoms in total. The van der Waals surface area contributed by atoms with Crippen LogP contribution in [0.4, 0.5) is 19.1 Å². The fraction of sp³-hybridized carbons (Fsp3) is 0.636. The van der Waals surface area contributed by atoms with E-state index in [-0.39, 0.29) is 12.0 Å². The summed E-state index contributed by atoms with van der Waals surface area (Å²) in [6, 6.07) is 1.15. The van der Waals surface area contributed by atoms with Crippen molar-refractivity contribution in [3.8, 4) is 0 Å². The molecule has 0 unspecified atom stereocenters. The van der Waals surface area contributed by atoms with Gasteiger partial charge in [0, 0.05) is 18.8 Å². The smallest absolute Gasteiger partial charge is 0.338 e. The van der Waals surface area contributed by atoms with Crippen molar-refractivity contribution in [1.82, 2.24) is 9.97 Å². The Morgan fingerprint density at radius 2 is 2.11 bits per heavy atom. The van der Waals surface area contributed by atoms with Crippen molar-refractivity contribution in [2.45, 2.75) is 31.5 Å². The van der Waals surface area contributed by atoms with Gasteiger partial charge in [-0.25, -0.2) is 9.97 Å². The quantitative estimate of drug-likeness (QED) is 0.877. The van der Waals surface area contributed by atoms with Crippen LogP contribution < -0.4 is 10.6 Å². The van der Waals surface area contributed by atoms with E-state index < -0.39 is 11.9 Å². The van der Waals surface area contributed by atoms with Gasteiger partial charge in [-0.1, -0.05) is 0 Å². The third-order valence-electron chi connectivity index (χ3n) is 2.78. The standard InChI is InChI=1S/C11H15F3N4/c12-11(13,14)9-4-6-16-10(17-9)18(7-1-5-15)8-2-3-8/h4,6,8H,1-3,5,7,15H2. The molecule has 1 aromatic heterocycles. The zero-order chi connectivity index (χ0) is 13.2. The Labute approximate surface area is 103 Å². The maximum atomic E-state index is 12.6. The fourth-order valence-electron chi connectivity index (χ4n) is 1.74. The van der Waals surface area contributed by atoms with E-state index in [1.807, 2.05) is 4.90 Å². The molecule has 0 bridgehead atoms. The number of nitrogens with zero attached hydrogens (tertiary/aromatic N) is 3. The summed E-state index contributed by atoms with van der Waals surface area (Å²) in [6.07, 6.45) is -0.603. The number of aromatic nitrogens is 2. The third kappa shape index (κ3) is 3.10. The highest BCUT2D eigenvalue weighted by Gasteiger charge is 2.35. The van der Waals surface area contributed by atoms with Gasteiger partial charge in [0.2, 0.25) is 5.95 Å². The lowest BCUT2D eigenvalue weighted by Gasteiger charge is -2.22. The molecule has 1 saturated carbocycles. The molecule has 0 aromatic carbocycles. The zero-order valence-electron chi connectivity index (χ0n) is 9.82. The Hall–Kier alpha value is -1.37. The molecule has 0 spiro atoms. The van der Waals surface area contributed by atoms with Gasteiger partial charge in [-0.15, -0.1) is 0 Å². The van der Waals surface area contributed by atoms with Crippen LogP contribution in [-0.4, -0.2) is 29.1 Å². The molecule has 0 atom stereocenters. The Morgan fingerprint density at radius 1 is 1.39 bits per heavy atom. The van der Waals surface area contributed by atoms with Gasteiger partial charge in [-0.3, -0.25) is 0 Å². The van der Waals surface area contributed by atoms with Crippen LogP contribution in [0.15, 0.2) is 12.3 Å². The highest BCUT2D eigenvalue weighted by molar-refractivity contribution is 5.34. The largest absolute Gasteiger partial charge is 0.433 e. The Balaban J connectivity index is 2.19. The summed E-state index contributed by atoms with van der Waals surface area (Å²) in [6.45, 7) is 1.10. The minimum Gasteiger partial charge on any atom is -0.338 e. The lowest BCUT2D eigenvalue weighted by atomic mass is 10.3. The van der Waals surface area contributed by atoms with Crippen molar-refractivity contribution in [1.29, 1.82) is 0 Å². The lowest BCUT2D eigenvalue weighted by molar-refractivity contribution is -0.141. The first-order valence-electron chi connectivity index (χ1n) is 5.89. The normalized spacial score (nSPS) is 15.8. The predicted molar refractivity (Wildman–Crippen MR) is 61.1 cm³/mol. The molecule has 2 N–H and O–H groups in total. The van der Waals surface area contributed by atoms with Crippen LogP contribution in [0.1, 0.15) is 25.0 Å². The van der Waals surface area contributed by atoms with E-state index in [1.165, 1.54) is 0 Å². The van der Waals surface area contributed by atoms with Gasteiger partial charge in [-0.2, -0.15) is 13.2 Å². The summed E-state index contributed by atoms with van der Waals surface area (Å²) in [4.78, 5) is 9.37. The van der Waals surface area contributed by atoms with E-state index in [2.05, 4.69) is 9.97 Å². The third-order valence-corrected chi connectivity index (χ3v) is 2.78. The first-order chi connectivity index (χ1) is 8.52. The molecular formula is C11H15F3N4. The van der Waals surface area contributed by atoms with Gasteiger partial charge < -0.3 is 10.6 Å². The van der Waals surface area contributed by atoms with E-state index in [4.69, 9.17) is 5.73 Å². The number of rotatable bonds is 5. The van der Waals surface area contributed by atoms with Crippen LogP contribution in [0.3, 0.4) is 0 Å². The molecule has 1 heterocycles. The summed E-state index contributed by atoms with van der Waals surface area (Å²) >= 11 is 0. The summed E-state index contributed by atoms with van der Waals surface area (Å²) in [5.41, 5.74) is 4.53. The molecule has 2 rings (SSSR count). The highest BCUT2D eigenvalue weighted by Crippen LogP contribution is 2.32. The van der Waals surface area contributed by atoms with Gasteiger partial charge >= 0.3 is 6.18 Å². The van der Waals surface area contributed by atoms with Gasteiger partial charge in [0.15, 0.2) is 0 Å². The van der Waals surface area contributed by atoms with Crippen LogP contribution in [0.25, 0.3) is 0 Å². The summed E-state index contributed by atoms with van der Waals surface area (Å²) < 4.78 is 37.7. The van der Waals surface area contributed by atoms with Gasteiger partial charge in [-0.05, 0) is 31.9 Å². The Morgan fingerprint density at radius 3 is 2.67 bits per heavy atom. The SMILES string of the molecule is NCCCN(c1nccc(C(F)(F)F)n1)C1CC1. The summed E-state index contributed by atoms with van der Waals surface area (Å²) in [5.74, 6) is 0.153. The number of anilines is 1. The molecule has 1 fully saturated rings. The molecule has 0 radical (unpaired) electrons. The van der Waals surface area contributed by atoms with Crippen LogP contribution in [0.5, 0.6) is 0 Å². The maximum Gasteiger partial charge on any atom is 0.433 e. The molecule has 1 aromatic rings. The van der Waals surface area contributed by atoms with Crippen LogP contribution in [0, 0.1) is 0 Å². The highest BCUT2D eigenvalue weighted by atomic mass is 19.4. The second-order valence-electron chi connectivity index (χ2n) is 4.31. The first kappa shape index (κ1) is 13.1. The number of halogens is 3. The average Bonchev–Trinajstić information content (AvgIpc) is 3.13. The molecular weight excluding hydrogens is 245 g/mol. The number of alkyl halides is 3. The lowest BCUT2D eigenvalue weighted by Crippen LogP contribution is -2.30. The Bertz CT molecular complexity index is 404. The topological polar surface area (TPSA) is 55.0 Å². The van der Waals surface area contributed by atoms with E-state index in [0.29, 0.717) is 13.1 Å². The van der Waals surface area contributed by atoms with Crippen molar-refractivity contribution < 1.29 is 13.2 Å². The molecule has 18 heavy (non-hydrogen) atoms. The molecule has 0 saturated heterocycles. The maximum absolute atomic E-state index is 12.6. The number of nitrogens with two attached hydrogens (primary N) is 1. The molecule has 100 valence electrons. The van der Waals surface area contributed by atoms with Crippen LogP contribution >= 0.6 is 0 Å². The van der Waals surface area contributed by atoms with Crippen molar-refractivity contribution in [3.05, 3.63) is 18.0 Å². The van der Waals surface area contributed by atoms with Crippen molar-refractivity contribution in [2.75, 3.05) is 18.0 Å². The molecule has 0 amide bonds. The van der Waals surface area contributed by atoms with E-state index in [1.54, 1.807) is 0 Å². The van der Waals surface area contributed by atoms with Crippen molar-refractivity contribution >= 4 is 5.95 Å². The first-order valence-corrected chi connectivity index (χ1v) is 5.89. The molecule has 1 aliphatic carbocycles. The fourth-order valence-corrected chi connectivity index (χ4v) is 1.74. The van der Waals surface area contributed by atoms with Crippen molar-refractivity contribution in [3.63, 3.8) is 0 Å². The van der Waals surface area contributed by atoms with E-state index in [9.17, 15) is 13.2 Å². The van der Waals surface area contributed by atoms with E-state index >= 15 is 0 Å². The minimum absolute atomic E-state index is 0.153. The van der Waals surface area contributed by atoms with Gasteiger partial charge in [0.05, 0.1) is 0 Å². The van der Waals surface area contributed by atoms with Crippen molar-refractivity contribution in [2.24, 2.45) is 5.73 Å². The molecule has 7 heteroatoms. The Kier molecular flexibility index (Phi) is 3.70.